The molecule has 1 unspecified atom stereocenters. The van der Waals surface area contributed by atoms with Crippen molar-refractivity contribution in [3.63, 3.8) is 0 Å². The standard InChI is InChI=1S/C16H22N4O3/c21-15(19-12-3-4-12)5-8-20(11-13-2-1-9-23-13)16(22)14-10-17-6-7-18-14/h6-7,10,12-13H,1-5,8-9,11H2,(H,19,21). The number of amides is 2. The third-order valence-electron chi connectivity index (χ3n) is 4.07. The van der Waals surface area contributed by atoms with E-state index in [1.165, 1.54) is 18.6 Å². The average molecular weight is 318 g/mol. The number of nitrogens with zero attached hydrogens (tertiary/aromatic N) is 3. The van der Waals surface area contributed by atoms with Gasteiger partial charge in [-0.1, -0.05) is 0 Å². The van der Waals surface area contributed by atoms with Gasteiger partial charge in [0.05, 0.1) is 12.3 Å². The van der Waals surface area contributed by atoms with Crippen molar-refractivity contribution in [2.24, 2.45) is 0 Å². The maximum Gasteiger partial charge on any atom is 0.274 e. The summed E-state index contributed by atoms with van der Waals surface area (Å²) in [6.45, 7) is 1.60. The molecule has 7 nitrogen and oxygen atoms in total. The van der Waals surface area contributed by atoms with Gasteiger partial charge in [0.15, 0.2) is 0 Å². The fourth-order valence-electron chi connectivity index (χ4n) is 2.65. The lowest BCUT2D eigenvalue weighted by atomic mass is 10.2. The molecule has 2 amide bonds. The van der Waals surface area contributed by atoms with Gasteiger partial charge in [-0.05, 0) is 25.7 Å². The first kappa shape index (κ1) is 15.9. The largest absolute Gasteiger partial charge is 0.376 e. The number of aromatic nitrogens is 2. The van der Waals surface area contributed by atoms with Crippen molar-refractivity contribution in [1.29, 1.82) is 0 Å². The van der Waals surface area contributed by atoms with Crippen molar-refractivity contribution in [2.45, 2.75) is 44.2 Å². The molecule has 0 spiro atoms. The van der Waals surface area contributed by atoms with E-state index < -0.39 is 0 Å². The van der Waals surface area contributed by atoms with Crippen LogP contribution in [0.15, 0.2) is 18.6 Å². The highest BCUT2D eigenvalue weighted by Crippen LogP contribution is 2.19. The van der Waals surface area contributed by atoms with Crippen LogP contribution in [0, 0.1) is 0 Å². The summed E-state index contributed by atoms with van der Waals surface area (Å²) in [6, 6.07) is 0.338. The van der Waals surface area contributed by atoms with Gasteiger partial charge in [0, 0.05) is 44.6 Å². The van der Waals surface area contributed by atoms with E-state index in [9.17, 15) is 9.59 Å². The van der Waals surface area contributed by atoms with Crippen LogP contribution in [0.25, 0.3) is 0 Å². The van der Waals surface area contributed by atoms with E-state index >= 15 is 0 Å². The lowest BCUT2D eigenvalue weighted by Crippen LogP contribution is -2.40. The van der Waals surface area contributed by atoms with E-state index in [-0.39, 0.29) is 17.9 Å². The number of rotatable bonds is 7. The van der Waals surface area contributed by atoms with E-state index in [0.29, 0.717) is 31.2 Å². The third kappa shape index (κ3) is 4.72. The van der Waals surface area contributed by atoms with Crippen LogP contribution >= 0.6 is 0 Å². The van der Waals surface area contributed by atoms with Crippen molar-refractivity contribution in [2.75, 3.05) is 19.7 Å². The zero-order valence-corrected chi connectivity index (χ0v) is 13.1. The minimum atomic E-state index is -0.201. The Balaban J connectivity index is 1.59. The molecule has 23 heavy (non-hydrogen) atoms. The normalized spacial score (nSPS) is 20.3. The summed E-state index contributed by atoms with van der Waals surface area (Å²) in [5, 5.41) is 2.95. The Morgan fingerprint density at radius 3 is 2.83 bits per heavy atom. The number of ether oxygens (including phenoxy) is 1. The van der Waals surface area contributed by atoms with Crippen LogP contribution in [0.3, 0.4) is 0 Å². The first-order valence-electron chi connectivity index (χ1n) is 8.18. The van der Waals surface area contributed by atoms with Gasteiger partial charge in [0.25, 0.3) is 5.91 Å². The Bertz CT molecular complexity index is 542. The fraction of sp³-hybridized carbons (Fsp3) is 0.625. The summed E-state index contributed by atoms with van der Waals surface area (Å²) in [7, 11) is 0. The van der Waals surface area contributed by atoms with E-state index in [4.69, 9.17) is 4.74 Å². The first-order valence-corrected chi connectivity index (χ1v) is 8.18. The molecule has 1 saturated carbocycles. The quantitative estimate of drug-likeness (QED) is 0.802. The Kier molecular flexibility index (Phi) is 5.17. The predicted octanol–water partition coefficient (Wildman–Crippen LogP) is 0.766. The third-order valence-corrected chi connectivity index (χ3v) is 4.07. The second-order valence-corrected chi connectivity index (χ2v) is 6.07. The number of carbonyl (C=O) groups excluding carboxylic acids is 2. The molecule has 7 heteroatoms. The lowest BCUT2D eigenvalue weighted by molar-refractivity contribution is -0.121. The van der Waals surface area contributed by atoms with Gasteiger partial charge < -0.3 is 15.0 Å². The van der Waals surface area contributed by atoms with Crippen LogP contribution in [0.4, 0.5) is 0 Å². The van der Waals surface area contributed by atoms with Crippen LogP contribution < -0.4 is 5.32 Å². The molecule has 3 rings (SSSR count). The highest BCUT2D eigenvalue weighted by Gasteiger charge is 2.26. The molecule has 2 aliphatic rings. The van der Waals surface area contributed by atoms with Crippen molar-refractivity contribution in [1.82, 2.24) is 20.2 Å². The summed E-state index contributed by atoms with van der Waals surface area (Å²) >= 11 is 0. The Hall–Kier alpha value is -2.02. The topological polar surface area (TPSA) is 84.4 Å². The molecule has 2 heterocycles. The molecule has 1 atom stereocenters. The smallest absolute Gasteiger partial charge is 0.274 e. The second kappa shape index (κ2) is 7.50. The van der Waals surface area contributed by atoms with Gasteiger partial charge in [-0.2, -0.15) is 0 Å². The molecule has 1 aliphatic heterocycles. The Labute approximate surface area is 135 Å². The van der Waals surface area contributed by atoms with Crippen molar-refractivity contribution in [3.8, 4) is 0 Å². The zero-order chi connectivity index (χ0) is 16.1. The average Bonchev–Trinajstić information content (AvgIpc) is 3.23. The van der Waals surface area contributed by atoms with Crippen molar-refractivity contribution in [3.05, 3.63) is 24.3 Å². The van der Waals surface area contributed by atoms with E-state index in [1.807, 2.05) is 0 Å². The molecule has 1 aliphatic carbocycles. The first-order chi connectivity index (χ1) is 11.2. The summed E-state index contributed by atoms with van der Waals surface area (Å²) in [5.41, 5.74) is 0.299. The fourth-order valence-corrected chi connectivity index (χ4v) is 2.65. The van der Waals surface area contributed by atoms with Crippen molar-refractivity contribution >= 4 is 11.8 Å². The minimum Gasteiger partial charge on any atom is -0.376 e. The maximum atomic E-state index is 12.6. The Morgan fingerprint density at radius 1 is 1.30 bits per heavy atom. The molecule has 1 aromatic rings. The summed E-state index contributed by atoms with van der Waals surface area (Å²) in [5.74, 6) is -0.204. The minimum absolute atomic E-state index is 0.00298. The molecule has 1 saturated heterocycles. The summed E-state index contributed by atoms with van der Waals surface area (Å²) in [6.07, 6.45) is 8.90. The van der Waals surface area contributed by atoms with Gasteiger partial charge in [-0.3, -0.25) is 14.6 Å². The van der Waals surface area contributed by atoms with E-state index in [1.54, 1.807) is 4.90 Å². The van der Waals surface area contributed by atoms with E-state index in [0.717, 1.165) is 32.3 Å². The maximum absolute atomic E-state index is 12.6. The molecular weight excluding hydrogens is 296 g/mol. The Morgan fingerprint density at radius 2 is 2.17 bits per heavy atom. The molecule has 0 radical (unpaired) electrons. The van der Waals surface area contributed by atoms with Crippen LogP contribution in [0.2, 0.25) is 0 Å². The van der Waals surface area contributed by atoms with Crippen LogP contribution in [0.1, 0.15) is 42.6 Å². The van der Waals surface area contributed by atoms with Gasteiger partial charge in [-0.25, -0.2) is 4.98 Å². The molecular formula is C16H22N4O3. The van der Waals surface area contributed by atoms with Gasteiger partial charge >= 0.3 is 0 Å². The highest BCUT2D eigenvalue weighted by atomic mass is 16.5. The zero-order valence-electron chi connectivity index (χ0n) is 13.1. The number of hydrogen-bond donors (Lipinski definition) is 1. The van der Waals surface area contributed by atoms with E-state index in [2.05, 4.69) is 15.3 Å². The molecule has 0 bridgehead atoms. The molecule has 1 aromatic heterocycles. The number of hydrogen-bond acceptors (Lipinski definition) is 5. The highest BCUT2D eigenvalue weighted by molar-refractivity contribution is 5.92. The molecule has 124 valence electrons. The van der Waals surface area contributed by atoms with Crippen LogP contribution in [-0.2, 0) is 9.53 Å². The number of nitrogens with one attached hydrogen (secondary N) is 1. The van der Waals surface area contributed by atoms with Gasteiger partial charge in [0.1, 0.15) is 5.69 Å². The second-order valence-electron chi connectivity index (χ2n) is 6.07. The van der Waals surface area contributed by atoms with Crippen molar-refractivity contribution < 1.29 is 14.3 Å². The monoisotopic (exact) mass is 318 g/mol. The SMILES string of the molecule is O=C(CCN(CC1CCCO1)C(=O)c1cnccn1)NC1CC1. The van der Waals surface area contributed by atoms with Crippen LogP contribution in [0.5, 0.6) is 0 Å². The predicted molar refractivity (Wildman–Crippen MR) is 82.7 cm³/mol. The van der Waals surface area contributed by atoms with Crippen LogP contribution in [-0.4, -0.2) is 58.5 Å². The molecule has 2 fully saturated rings. The summed E-state index contributed by atoms with van der Waals surface area (Å²) < 4.78 is 5.62. The lowest BCUT2D eigenvalue weighted by Gasteiger charge is -2.25. The number of carbonyl (C=O) groups is 2. The van der Waals surface area contributed by atoms with Gasteiger partial charge in [0.2, 0.25) is 5.91 Å². The molecule has 0 aromatic carbocycles. The molecule has 1 N–H and O–H groups in total. The summed E-state index contributed by atoms with van der Waals surface area (Å²) in [4.78, 5) is 34.2. The van der Waals surface area contributed by atoms with Gasteiger partial charge in [-0.15, -0.1) is 0 Å².